The minimum Gasteiger partial charge on any atom is -0.452 e. The van der Waals surface area contributed by atoms with Gasteiger partial charge in [0.1, 0.15) is 5.82 Å². The molecule has 0 unspecified atom stereocenters. The number of hydrogen-bond acceptors (Lipinski definition) is 5. The van der Waals surface area contributed by atoms with Crippen LogP contribution in [-0.4, -0.2) is 55.2 Å². The van der Waals surface area contributed by atoms with Crippen molar-refractivity contribution in [2.45, 2.75) is 25.8 Å². The third-order valence-electron chi connectivity index (χ3n) is 3.87. The first kappa shape index (κ1) is 20.0. The number of ether oxygens (including phenoxy) is 2. The Hall–Kier alpha value is -2.35. The fraction of sp³-hybridized carbons (Fsp3) is 0.471. The SMILES string of the molecule is CCOC(=O)N1CCC(NC(=O)COC(=O)c2cc(Cl)ccc2F)CC1. The second-order valence-electron chi connectivity index (χ2n) is 5.73. The predicted molar refractivity (Wildman–Crippen MR) is 91.5 cm³/mol. The normalized spacial score (nSPS) is 14.7. The average Bonchev–Trinajstić information content (AvgIpc) is 2.62. The van der Waals surface area contributed by atoms with E-state index in [0.717, 1.165) is 12.1 Å². The Balaban J connectivity index is 1.75. The van der Waals surface area contributed by atoms with Gasteiger partial charge in [-0.2, -0.15) is 0 Å². The number of halogens is 2. The summed E-state index contributed by atoms with van der Waals surface area (Å²) in [5.74, 6) is -2.22. The number of nitrogens with one attached hydrogen (secondary N) is 1. The lowest BCUT2D eigenvalue weighted by molar-refractivity contribution is -0.125. The Labute approximate surface area is 155 Å². The maximum atomic E-state index is 13.6. The highest BCUT2D eigenvalue weighted by molar-refractivity contribution is 6.30. The van der Waals surface area contributed by atoms with Crippen LogP contribution in [0.5, 0.6) is 0 Å². The van der Waals surface area contributed by atoms with Crippen molar-refractivity contribution in [1.29, 1.82) is 0 Å². The number of benzene rings is 1. The topological polar surface area (TPSA) is 84.9 Å². The molecule has 7 nitrogen and oxygen atoms in total. The van der Waals surface area contributed by atoms with Crippen LogP contribution in [0.4, 0.5) is 9.18 Å². The summed E-state index contributed by atoms with van der Waals surface area (Å²) in [4.78, 5) is 36.9. The van der Waals surface area contributed by atoms with Gasteiger partial charge in [-0.25, -0.2) is 14.0 Å². The number of carbonyl (C=O) groups excluding carboxylic acids is 3. The van der Waals surface area contributed by atoms with E-state index in [-0.39, 0.29) is 22.7 Å². The standard InChI is InChI=1S/C17H20ClFN2O5/c1-2-25-17(24)21-7-5-12(6-8-21)20-15(22)10-26-16(23)13-9-11(18)3-4-14(13)19/h3-4,9,12H,2,5-8,10H2,1H3,(H,20,22). The molecule has 26 heavy (non-hydrogen) atoms. The number of rotatable bonds is 5. The van der Waals surface area contributed by atoms with Gasteiger partial charge in [-0.1, -0.05) is 11.6 Å². The van der Waals surface area contributed by atoms with Crippen LogP contribution in [0.25, 0.3) is 0 Å². The van der Waals surface area contributed by atoms with Crippen molar-refractivity contribution in [2.75, 3.05) is 26.3 Å². The van der Waals surface area contributed by atoms with E-state index in [1.54, 1.807) is 11.8 Å². The van der Waals surface area contributed by atoms with Crippen LogP contribution in [0.15, 0.2) is 18.2 Å². The molecule has 0 bridgehead atoms. The summed E-state index contributed by atoms with van der Waals surface area (Å²) in [6, 6.07) is 3.37. The molecule has 1 saturated heterocycles. The lowest BCUT2D eigenvalue weighted by atomic mass is 10.1. The molecule has 0 radical (unpaired) electrons. The summed E-state index contributed by atoms with van der Waals surface area (Å²) < 4.78 is 23.3. The largest absolute Gasteiger partial charge is 0.452 e. The van der Waals surface area contributed by atoms with E-state index in [2.05, 4.69) is 5.32 Å². The van der Waals surface area contributed by atoms with Crippen molar-refractivity contribution in [3.05, 3.63) is 34.6 Å². The zero-order valence-electron chi connectivity index (χ0n) is 14.3. The quantitative estimate of drug-likeness (QED) is 0.785. The van der Waals surface area contributed by atoms with Gasteiger partial charge < -0.3 is 19.7 Å². The number of likely N-dealkylation sites (tertiary alicyclic amines) is 1. The Morgan fingerprint density at radius 3 is 2.62 bits per heavy atom. The van der Waals surface area contributed by atoms with Crippen LogP contribution in [0.3, 0.4) is 0 Å². The molecule has 0 spiro atoms. The van der Waals surface area contributed by atoms with Crippen LogP contribution >= 0.6 is 11.6 Å². The molecule has 9 heteroatoms. The first-order chi connectivity index (χ1) is 12.4. The van der Waals surface area contributed by atoms with Crippen molar-refractivity contribution in [2.24, 2.45) is 0 Å². The fourth-order valence-electron chi connectivity index (χ4n) is 2.55. The van der Waals surface area contributed by atoms with Crippen LogP contribution in [0.2, 0.25) is 5.02 Å². The van der Waals surface area contributed by atoms with Gasteiger partial charge in [-0.3, -0.25) is 4.79 Å². The van der Waals surface area contributed by atoms with Crippen molar-refractivity contribution >= 4 is 29.6 Å². The van der Waals surface area contributed by atoms with Crippen molar-refractivity contribution in [1.82, 2.24) is 10.2 Å². The molecule has 0 atom stereocenters. The second-order valence-corrected chi connectivity index (χ2v) is 6.16. The van der Waals surface area contributed by atoms with E-state index in [9.17, 15) is 18.8 Å². The van der Waals surface area contributed by atoms with Crippen LogP contribution in [0, 0.1) is 5.82 Å². The predicted octanol–water partition coefficient (Wildman–Crippen LogP) is 2.37. The molecule has 1 aliphatic rings. The highest BCUT2D eigenvalue weighted by Gasteiger charge is 2.25. The second kappa shape index (κ2) is 9.38. The number of nitrogens with zero attached hydrogens (tertiary/aromatic N) is 1. The van der Waals surface area contributed by atoms with Gasteiger partial charge in [-0.05, 0) is 38.0 Å². The van der Waals surface area contributed by atoms with E-state index >= 15 is 0 Å². The number of hydrogen-bond donors (Lipinski definition) is 1. The molecule has 2 amide bonds. The van der Waals surface area contributed by atoms with Crippen LogP contribution in [0.1, 0.15) is 30.1 Å². The van der Waals surface area contributed by atoms with E-state index < -0.39 is 24.3 Å². The van der Waals surface area contributed by atoms with E-state index in [4.69, 9.17) is 21.1 Å². The first-order valence-electron chi connectivity index (χ1n) is 8.24. The van der Waals surface area contributed by atoms with Gasteiger partial charge in [-0.15, -0.1) is 0 Å². The Morgan fingerprint density at radius 1 is 1.27 bits per heavy atom. The van der Waals surface area contributed by atoms with Gasteiger partial charge in [0, 0.05) is 24.2 Å². The summed E-state index contributed by atoms with van der Waals surface area (Å²) in [6.45, 7) is 2.47. The van der Waals surface area contributed by atoms with Gasteiger partial charge in [0.05, 0.1) is 12.2 Å². The Morgan fingerprint density at radius 2 is 1.96 bits per heavy atom. The Bertz CT molecular complexity index is 677. The minimum absolute atomic E-state index is 0.130. The number of carbonyl (C=O) groups is 3. The molecule has 0 saturated carbocycles. The highest BCUT2D eigenvalue weighted by atomic mass is 35.5. The van der Waals surface area contributed by atoms with Crippen molar-refractivity contribution < 1.29 is 28.2 Å². The molecule has 0 aromatic heterocycles. The molecule has 1 aliphatic heterocycles. The maximum absolute atomic E-state index is 13.6. The van der Waals surface area contributed by atoms with Crippen LogP contribution < -0.4 is 5.32 Å². The zero-order chi connectivity index (χ0) is 19.1. The van der Waals surface area contributed by atoms with Crippen molar-refractivity contribution in [3.8, 4) is 0 Å². The third-order valence-corrected chi connectivity index (χ3v) is 4.10. The number of amides is 2. The number of piperidine rings is 1. The van der Waals surface area contributed by atoms with Gasteiger partial charge in [0.25, 0.3) is 5.91 Å². The van der Waals surface area contributed by atoms with E-state index in [0.29, 0.717) is 32.5 Å². The van der Waals surface area contributed by atoms with E-state index in [1.807, 2.05) is 0 Å². The molecule has 1 aromatic rings. The van der Waals surface area contributed by atoms with Crippen molar-refractivity contribution in [3.63, 3.8) is 0 Å². The third kappa shape index (κ3) is 5.59. The molecule has 1 heterocycles. The monoisotopic (exact) mass is 386 g/mol. The van der Waals surface area contributed by atoms with Crippen LogP contribution in [-0.2, 0) is 14.3 Å². The first-order valence-corrected chi connectivity index (χ1v) is 8.61. The van der Waals surface area contributed by atoms with E-state index in [1.165, 1.54) is 6.07 Å². The summed E-state index contributed by atoms with van der Waals surface area (Å²) >= 11 is 5.72. The molecule has 1 N–H and O–H groups in total. The molecule has 2 rings (SSSR count). The smallest absolute Gasteiger partial charge is 0.409 e. The molecule has 0 aliphatic carbocycles. The molecule has 1 aromatic carbocycles. The lowest BCUT2D eigenvalue weighted by Crippen LogP contribution is -2.47. The van der Waals surface area contributed by atoms with Gasteiger partial charge in [0.2, 0.25) is 0 Å². The summed E-state index contributed by atoms with van der Waals surface area (Å²) in [5.41, 5.74) is -0.326. The zero-order valence-corrected chi connectivity index (χ0v) is 15.1. The average molecular weight is 387 g/mol. The van der Waals surface area contributed by atoms with Gasteiger partial charge in [0.15, 0.2) is 6.61 Å². The molecular weight excluding hydrogens is 367 g/mol. The van der Waals surface area contributed by atoms with Gasteiger partial charge >= 0.3 is 12.1 Å². The number of esters is 1. The lowest BCUT2D eigenvalue weighted by Gasteiger charge is -2.31. The summed E-state index contributed by atoms with van der Waals surface area (Å²) in [5, 5.41) is 2.92. The summed E-state index contributed by atoms with van der Waals surface area (Å²) in [7, 11) is 0. The molecule has 142 valence electrons. The molecular formula is C17H20ClFN2O5. The molecule has 1 fully saturated rings. The Kier molecular flexibility index (Phi) is 7.20. The fourth-order valence-corrected chi connectivity index (χ4v) is 2.73. The summed E-state index contributed by atoms with van der Waals surface area (Å²) in [6.07, 6.45) is 0.776. The minimum atomic E-state index is -0.961. The highest BCUT2D eigenvalue weighted by Crippen LogP contribution is 2.16. The maximum Gasteiger partial charge on any atom is 0.409 e.